The first kappa shape index (κ1) is 9.67. The van der Waals surface area contributed by atoms with E-state index in [-0.39, 0.29) is 0 Å². The minimum absolute atomic E-state index is 0.307. The second-order valence-corrected chi connectivity index (χ2v) is 3.15. The summed E-state index contributed by atoms with van der Waals surface area (Å²) >= 11 is 0. The topological polar surface area (TPSA) is 62.4 Å². The van der Waals surface area contributed by atoms with Crippen LogP contribution in [0.25, 0.3) is 0 Å². The Morgan fingerprint density at radius 2 is 2.27 bits per heavy atom. The van der Waals surface area contributed by atoms with Gasteiger partial charge in [-0.2, -0.15) is 0 Å². The van der Waals surface area contributed by atoms with Crippen LogP contribution in [0, 0.1) is 5.82 Å². The lowest BCUT2D eigenvalue weighted by atomic mass is 10.2. The quantitative estimate of drug-likeness (QED) is 0.712. The lowest BCUT2D eigenvalue weighted by Gasteiger charge is -2.28. The second-order valence-electron chi connectivity index (χ2n) is 3.15. The predicted molar refractivity (Wildman–Crippen MR) is 54.1 cm³/mol. The molecule has 0 amide bonds. The second kappa shape index (κ2) is 3.70. The summed E-state index contributed by atoms with van der Waals surface area (Å²) in [6.45, 7) is 0. The van der Waals surface area contributed by atoms with Gasteiger partial charge in [-0.15, -0.1) is 0 Å². The zero-order valence-corrected chi connectivity index (χ0v) is 7.84. The molecule has 2 heterocycles. The third kappa shape index (κ3) is 1.82. The molecule has 1 aromatic heterocycles. The first-order chi connectivity index (χ1) is 7.18. The third-order valence-corrected chi connectivity index (χ3v) is 2.09. The van der Waals surface area contributed by atoms with Crippen molar-refractivity contribution in [1.29, 1.82) is 0 Å². The van der Waals surface area contributed by atoms with Crippen molar-refractivity contribution in [3.05, 3.63) is 48.3 Å². The summed E-state index contributed by atoms with van der Waals surface area (Å²) in [5.41, 5.74) is 6.31. The molecule has 3 N–H and O–H groups in total. The van der Waals surface area contributed by atoms with Crippen molar-refractivity contribution in [2.45, 2.75) is 6.23 Å². The molecule has 0 bridgehead atoms. The SMILES string of the molecule is NC1=CC=CN(c2cncc(F)c2)C1O. The standard InChI is InChI=1S/C10H10FN3O/c11-7-4-8(6-13-5-7)14-3-1-2-9(12)10(14)15/h1-6,10,15H,12H2. The number of aliphatic hydroxyl groups excluding tert-OH is 1. The molecule has 1 aromatic rings. The highest BCUT2D eigenvalue weighted by Crippen LogP contribution is 2.20. The molecule has 0 aliphatic carbocycles. The molecule has 0 fully saturated rings. The number of aliphatic hydroxyl groups is 1. The van der Waals surface area contributed by atoms with E-state index in [9.17, 15) is 9.50 Å². The van der Waals surface area contributed by atoms with Crippen LogP contribution in [0.4, 0.5) is 10.1 Å². The van der Waals surface area contributed by atoms with Gasteiger partial charge in [-0.25, -0.2) is 4.39 Å². The molecule has 0 spiro atoms. The maximum Gasteiger partial charge on any atom is 0.171 e. The number of nitrogens with two attached hydrogens (primary N) is 1. The average molecular weight is 207 g/mol. The molecular weight excluding hydrogens is 197 g/mol. The normalized spacial score (nSPS) is 20.3. The van der Waals surface area contributed by atoms with Crippen LogP contribution >= 0.6 is 0 Å². The van der Waals surface area contributed by atoms with Gasteiger partial charge >= 0.3 is 0 Å². The molecule has 78 valence electrons. The molecule has 1 aliphatic rings. The van der Waals surface area contributed by atoms with Gasteiger partial charge in [0.1, 0.15) is 5.82 Å². The molecule has 1 atom stereocenters. The number of nitrogens with zero attached hydrogens (tertiary/aromatic N) is 2. The Morgan fingerprint density at radius 1 is 1.47 bits per heavy atom. The highest BCUT2D eigenvalue weighted by molar-refractivity contribution is 5.51. The van der Waals surface area contributed by atoms with Crippen LogP contribution in [-0.4, -0.2) is 16.3 Å². The van der Waals surface area contributed by atoms with Crippen LogP contribution in [0.3, 0.4) is 0 Å². The van der Waals surface area contributed by atoms with Gasteiger partial charge in [0.25, 0.3) is 0 Å². The van der Waals surface area contributed by atoms with Crippen LogP contribution in [0.2, 0.25) is 0 Å². The zero-order chi connectivity index (χ0) is 10.8. The fourth-order valence-corrected chi connectivity index (χ4v) is 1.34. The van der Waals surface area contributed by atoms with E-state index in [1.165, 1.54) is 17.2 Å². The molecule has 1 unspecified atom stereocenters. The molecule has 4 nitrogen and oxygen atoms in total. The number of allylic oxidation sites excluding steroid dienone is 2. The Hall–Kier alpha value is -1.88. The van der Waals surface area contributed by atoms with E-state index in [0.29, 0.717) is 11.4 Å². The number of pyridine rings is 1. The summed E-state index contributed by atoms with van der Waals surface area (Å²) in [6.07, 6.45) is 6.45. The number of halogens is 1. The number of hydrogen-bond donors (Lipinski definition) is 2. The Labute approximate surface area is 86.2 Å². The van der Waals surface area contributed by atoms with Gasteiger partial charge in [0.15, 0.2) is 6.23 Å². The van der Waals surface area contributed by atoms with E-state index in [4.69, 9.17) is 5.73 Å². The van der Waals surface area contributed by atoms with Crippen molar-refractivity contribution in [3.63, 3.8) is 0 Å². The van der Waals surface area contributed by atoms with Gasteiger partial charge in [0.2, 0.25) is 0 Å². The van der Waals surface area contributed by atoms with Crippen molar-refractivity contribution in [2.75, 3.05) is 4.90 Å². The van der Waals surface area contributed by atoms with Gasteiger partial charge in [-0.05, 0) is 12.2 Å². The number of anilines is 1. The van der Waals surface area contributed by atoms with Gasteiger partial charge in [0, 0.05) is 12.3 Å². The fourth-order valence-electron chi connectivity index (χ4n) is 1.34. The molecule has 0 aromatic carbocycles. The van der Waals surface area contributed by atoms with E-state index in [1.54, 1.807) is 18.4 Å². The summed E-state index contributed by atoms with van der Waals surface area (Å²) in [5, 5.41) is 9.71. The van der Waals surface area contributed by atoms with Crippen LogP contribution in [0.15, 0.2) is 42.5 Å². The lowest BCUT2D eigenvalue weighted by molar-refractivity contribution is 0.212. The fraction of sp³-hybridized carbons (Fsp3) is 0.100. The Bertz CT molecular complexity index is 430. The Balaban J connectivity index is 2.33. The molecule has 0 saturated heterocycles. The van der Waals surface area contributed by atoms with E-state index >= 15 is 0 Å². The first-order valence-electron chi connectivity index (χ1n) is 4.39. The van der Waals surface area contributed by atoms with Gasteiger partial charge < -0.3 is 15.7 Å². The van der Waals surface area contributed by atoms with Crippen molar-refractivity contribution < 1.29 is 9.50 Å². The monoisotopic (exact) mass is 207 g/mol. The van der Waals surface area contributed by atoms with E-state index in [2.05, 4.69) is 4.98 Å². The van der Waals surface area contributed by atoms with Gasteiger partial charge in [0.05, 0.1) is 23.8 Å². The molecule has 2 rings (SSSR count). The average Bonchev–Trinajstić information content (AvgIpc) is 2.22. The van der Waals surface area contributed by atoms with Crippen LogP contribution in [0.1, 0.15) is 0 Å². The highest BCUT2D eigenvalue weighted by Gasteiger charge is 2.19. The minimum atomic E-state index is -0.974. The summed E-state index contributed by atoms with van der Waals surface area (Å²) in [5.74, 6) is -0.457. The highest BCUT2D eigenvalue weighted by atomic mass is 19.1. The molecule has 5 heteroatoms. The lowest BCUT2D eigenvalue weighted by Crippen LogP contribution is -2.36. The maximum absolute atomic E-state index is 12.9. The van der Waals surface area contributed by atoms with Crippen molar-refractivity contribution in [2.24, 2.45) is 5.73 Å². The summed E-state index contributed by atoms with van der Waals surface area (Å²) < 4.78 is 12.9. The first-order valence-corrected chi connectivity index (χ1v) is 4.39. The predicted octanol–water partition coefficient (Wildman–Crippen LogP) is 0.715. The van der Waals surface area contributed by atoms with Gasteiger partial charge in [-0.3, -0.25) is 4.98 Å². The van der Waals surface area contributed by atoms with E-state index < -0.39 is 12.0 Å². The summed E-state index contributed by atoms with van der Waals surface area (Å²) in [7, 11) is 0. The molecular formula is C10H10FN3O. The Morgan fingerprint density at radius 3 is 3.00 bits per heavy atom. The number of hydrogen-bond acceptors (Lipinski definition) is 4. The smallest absolute Gasteiger partial charge is 0.171 e. The summed E-state index contributed by atoms with van der Waals surface area (Å²) in [4.78, 5) is 5.13. The molecule has 0 saturated carbocycles. The van der Waals surface area contributed by atoms with Crippen LogP contribution in [0.5, 0.6) is 0 Å². The van der Waals surface area contributed by atoms with Crippen molar-refractivity contribution >= 4 is 5.69 Å². The Kier molecular flexibility index (Phi) is 2.39. The van der Waals surface area contributed by atoms with Crippen LogP contribution in [-0.2, 0) is 0 Å². The van der Waals surface area contributed by atoms with E-state index in [1.807, 2.05) is 0 Å². The van der Waals surface area contributed by atoms with Crippen molar-refractivity contribution in [3.8, 4) is 0 Å². The summed E-state index contributed by atoms with van der Waals surface area (Å²) in [6, 6.07) is 1.28. The van der Waals surface area contributed by atoms with Gasteiger partial charge in [-0.1, -0.05) is 0 Å². The number of aromatic nitrogens is 1. The van der Waals surface area contributed by atoms with Crippen molar-refractivity contribution in [1.82, 2.24) is 4.98 Å². The van der Waals surface area contributed by atoms with Crippen LogP contribution < -0.4 is 10.6 Å². The third-order valence-electron chi connectivity index (χ3n) is 2.09. The molecule has 15 heavy (non-hydrogen) atoms. The van der Waals surface area contributed by atoms with E-state index in [0.717, 1.165) is 6.20 Å². The molecule has 0 radical (unpaired) electrons. The minimum Gasteiger partial charge on any atom is -0.398 e. The zero-order valence-electron chi connectivity index (χ0n) is 7.84. The maximum atomic E-state index is 12.9. The number of rotatable bonds is 1. The largest absolute Gasteiger partial charge is 0.398 e. The molecule has 1 aliphatic heterocycles.